The number of urea groups is 1. The van der Waals surface area contributed by atoms with Crippen molar-refractivity contribution in [3.63, 3.8) is 0 Å². The molecule has 1 aliphatic rings. The molecule has 2 atom stereocenters. The lowest BCUT2D eigenvalue weighted by Gasteiger charge is -2.29. The lowest BCUT2D eigenvalue weighted by Crippen LogP contribution is -2.51. The Morgan fingerprint density at radius 2 is 1.96 bits per heavy atom. The van der Waals surface area contributed by atoms with Crippen LogP contribution in [0.15, 0.2) is 30.3 Å². The molecule has 0 aliphatic carbocycles. The molecule has 0 aromatic heterocycles. The second-order valence-corrected chi connectivity index (χ2v) is 7.20. The summed E-state index contributed by atoms with van der Waals surface area (Å²) in [5, 5.41) is 9.46. The Kier molecular flexibility index (Phi) is 7.80. The normalized spacial score (nSPS) is 18.9. The van der Waals surface area contributed by atoms with Gasteiger partial charge in [-0.3, -0.25) is 9.69 Å². The topological polar surface area (TPSA) is 96.4 Å². The molecule has 0 bridgehead atoms. The standard InChI is InChI=1S/C20H28N2O6/c1-4-8-17(23)28-18-16(11-15-9-6-5-7-10-15)22(13-27-18)19(24)21(20(25)26)12-14(2)3/h5-7,9-10,14,16,18H,4,8,11-13H2,1-3H3,(H,25,26). The van der Waals surface area contributed by atoms with Crippen LogP contribution in [0, 0.1) is 5.92 Å². The first-order valence-corrected chi connectivity index (χ1v) is 9.49. The van der Waals surface area contributed by atoms with Crippen LogP contribution in [0.2, 0.25) is 0 Å². The van der Waals surface area contributed by atoms with E-state index in [0.717, 1.165) is 10.5 Å². The van der Waals surface area contributed by atoms with E-state index < -0.39 is 30.4 Å². The number of carbonyl (C=O) groups excluding carboxylic acids is 2. The van der Waals surface area contributed by atoms with E-state index in [-0.39, 0.29) is 25.6 Å². The Balaban J connectivity index is 2.23. The van der Waals surface area contributed by atoms with E-state index in [1.165, 1.54) is 4.90 Å². The van der Waals surface area contributed by atoms with Crippen LogP contribution in [0.3, 0.4) is 0 Å². The van der Waals surface area contributed by atoms with Crippen molar-refractivity contribution in [1.29, 1.82) is 0 Å². The summed E-state index contributed by atoms with van der Waals surface area (Å²) in [6, 6.07) is 8.14. The van der Waals surface area contributed by atoms with Crippen molar-refractivity contribution in [2.24, 2.45) is 5.92 Å². The minimum absolute atomic E-state index is 0.0191. The summed E-state index contributed by atoms with van der Waals surface area (Å²) in [7, 11) is 0. The average molecular weight is 392 g/mol. The molecule has 0 spiro atoms. The van der Waals surface area contributed by atoms with Crippen molar-refractivity contribution in [3.8, 4) is 0 Å². The summed E-state index contributed by atoms with van der Waals surface area (Å²) >= 11 is 0. The number of imide groups is 1. The van der Waals surface area contributed by atoms with Crippen LogP contribution in [-0.2, 0) is 20.7 Å². The average Bonchev–Trinajstić information content (AvgIpc) is 3.02. The minimum atomic E-state index is -1.32. The first-order valence-electron chi connectivity index (χ1n) is 9.49. The number of benzene rings is 1. The van der Waals surface area contributed by atoms with E-state index in [0.29, 0.717) is 12.8 Å². The minimum Gasteiger partial charge on any atom is -0.465 e. The van der Waals surface area contributed by atoms with Gasteiger partial charge in [-0.1, -0.05) is 51.1 Å². The van der Waals surface area contributed by atoms with Crippen LogP contribution in [0.25, 0.3) is 0 Å². The van der Waals surface area contributed by atoms with Gasteiger partial charge in [0.15, 0.2) is 0 Å². The maximum atomic E-state index is 12.9. The Labute approximate surface area is 165 Å². The fourth-order valence-electron chi connectivity index (χ4n) is 3.03. The summed E-state index contributed by atoms with van der Waals surface area (Å²) < 4.78 is 11.0. The third kappa shape index (κ3) is 5.69. The monoisotopic (exact) mass is 392 g/mol. The van der Waals surface area contributed by atoms with Gasteiger partial charge in [-0.15, -0.1) is 0 Å². The van der Waals surface area contributed by atoms with Gasteiger partial charge in [0.2, 0.25) is 6.29 Å². The molecule has 8 heteroatoms. The van der Waals surface area contributed by atoms with E-state index in [1.807, 2.05) is 51.1 Å². The second kappa shape index (κ2) is 10.1. The zero-order valence-electron chi connectivity index (χ0n) is 16.5. The SMILES string of the molecule is CCCC(=O)OC1OCN(C(=O)N(CC(C)C)C(=O)O)C1Cc1ccccc1. The van der Waals surface area contributed by atoms with E-state index in [9.17, 15) is 19.5 Å². The molecule has 1 aliphatic heterocycles. The predicted octanol–water partition coefficient (Wildman–Crippen LogP) is 3.31. The molecule has 1 saturated heterocycles. The number of rotatable bonds is 7. The molecule has 8 nitrogen and oxygen atoms in total. The Morgan fingerprint density at radius 1 is 1.29 bits per heavy atom. The Bertz CT molecular complexity index is 679. The number of ether oxygens (including phenoxy) is 2. The highest BCUT2D eigenvalue weighted by atomic mass is 16.7. The molecule has 2 rings (SSSR count). The van der Waals surface area contributed by atoms with Crippen molar-refractivity contribution in [2.45, 2.75) is 52.4 Å². The predicted molar refractivity (Wildman–Crippen MR) is 101 cm³/mol. The van der Waals surface area contributed by atoms with E-state index >= 15 is 0 Å². The number of hydrogen-bond donors (Lipinski definition) is 1. The lowest BCUT2D eigenvalue weighted by molar-refractivity contribution is -0.171. The van der Waals surface area contributed by atoms with Crippen LogP contribution >= 0.6 is 0 Å². The molecule has 1 aromatic rings. The Morgan fingerprint density at radius 3 is 2.54 bits per heavy atom. The van der Waals surface area contributed by atoms with E-state index in [2.05, 4.69) is 0 Å². The van der Waals surface area contributed by atoms with Crippen LogP contribution in [0.4, 0.5) is 9.59 Å². The third-order valence-corrected chi connectivity index (χ3v) is 4.34. The summed E-state index contributed by atoms with van der Waals surface area (Å²) in [4.78, 5) is 38.6. The van der Waals surface area contributed by atoms with Crippen molar-refractivity contribution in [1.82, 2.24) is 9.80 Å². The number of amides is 3. The van der Waals surface area contributed by atoms with Gasteiger partial charge in [0.1, 0.15) is 12.8 Å². The zero-order chi connectivity index (χ0) is 20.7. The maximum absolute atomic E-state index is 12.9. The van der Waals surface area contributed by atoms with Crippen LogP contribution < -0.4 is 0 Å². The molecule has 154 valence electrons. The first kappa shape index (κ1) is 21.7. The highest BCUT2D eigenvalue weighted by molar-refractivity contribution is 5.90. The fourth-order valence-corrected chi connectivity index (χ4v) is 3.03. The van der Waals surface area contributed by atoms with Crippen molar-refractivity contribution in [3.05, 3.63) is 35.9 Å². The lowest BCUT2D eigenvalue weighted by atomic mass is 10.0. The van der Waals surface area contributed by atoms with E-state index in [1.54, 1.807) is 0 Å². The molecular weight excluding hydrogens is 364 g/mol. The molecule has 1 fully saturated rings. The first-order chi connectivity index (χ1) is 13.3. The molecule has 28 heavy (non-hydrogen) atoms. The van der Waals surface area contributed by atoms with Gasteiger partial charge in [-0.05, 0) is 24.3 Å². The summed E-state index contributed by atoms with van der Waals surface area (Å²) in [5.74, 6) is -0.425. The Hall–Kier alpha value is -2.61. The number of esters is 1. The smallest absolute Gasteiger partial charge is 0.415 e. The van der Waals surface area contributed by atoms with Crippen molar-refractivity contribution >= 4 is 18.1 Å². The van der Waals surface area contributed by atoms with E-state index in [4.69, 9.17) is 9.47 Å². The molecule has 1 heterocycles. The molecule has 1 N–H and O–H groups in total. The largest absolute Gasteiger partial charge is 0.465 e. The highest BCUT2D eigenvalue weighted by Crippen LogP contribution is 2.25. The van der Waals surface area contributed by atoms with Crippen molar-refractivity contribution < 1.29 is 29.0 Å². The second-order valence-electron chi connectivity index (χ2n) is 7.20. The number of hydrogen-bond acceptors (Lipinski definition) is 5. The van der Waals surface area contributed by atoms with Crippen LogP contribution in [0.5, 0.6) is 0 Å². The maximum Gasteiger partial charge on any atom is 0.415 e. The van der Waals surface area contributed by atoms with Gasteiger partial charge in [0.25, 0.3) is 0 Å². The van der Waals surface area contributed by atoms with Crippen molar-refractivity contribution in [2.75, 3.05) is 13.3 Å². The summed E-state index contributed by atoms with van der Waals surface area (Å²) in [5.41, 5.74) is 0.929. The van der Waals surface area contributed by atoms with Gasteiger partial charge in [-0.2, -0.15) is 0 Å². The van der Waals surface area contributed by atoms with Gasteiger partial charge in [0.05, 0.1) is 0 Å². The third-order valence-electron chi connectivity index (χ3n) is 4.34. The van der Waals surface area contributed by atoms with Gasteiger partial charge in [-0.25, -0.2) is 14.5 Å². The molecule has 0 saturated carbocycles. The molecule has 2 unspecified atom stereocenters. The van der Waals surface area contributed by atoms with Gasteiger partial charge in [0, 0.05) is 13.0 Å². The number of carbonyl (C=O) groups is 3. The molecular formula is C20H28N2O6. The highest BCUT2D eigenvalue weighted by Gasteiger charge is 2.43. The summed E-state index contributed by atoms with van der Waals surface area (Å²) in [6.07, 6.45) is -0.980. The van der Waals surface area contributed by atoms with Crippen LogP contribution in [-0.4, -0.2) is 58.6 Å². The molecule has 0 radical (unpaired) electrons. The van der Waals surface area contributed by atoms with Crippen LogP contribution in [0.1, 0.15) is 39.2 Å². The fraction of sp³-hybridized carbons (Fsp3) is 0.550. The molecule has 1 aromatic carbocycles. The number of carboxylic acid groups (broad SMARTS) is 1. The quantitative estimate of drug-likeness (QED) is 0.715. The van der Waals surface area contributed by atoms with Gasteiger partial charge >= 0.3 is 18.1 Å². The van der Waals surface area contributed by atoms with Gasteiger partial charge < -0.3 is 14.6 Å². The summed E-state index contributed by atoms with van der Waals surface area (Å²) in [6.45, 7) is 5.47. The number of nitrogens with zero attached hydrogens (tertiary/aromatic N) is 2. The zero-order valence-corrected chi connectivity index (χ0v) is 16.5. The molecule has 3 amide bonds.